The molecular weight excluding hydrogens is 219 g/mol. The molecular formula is C11H12ClFO2. The summed E-state index contributed by atoms with van der Waals surface area (Å²) in [7, 11) is 0. The Morgan fingerprint density at radius 3 is 2.93 bits per heavy atom. The Hall–Kier alpha value is -1.06. The van der Waals surface area contributed by atoms with Crippen molar-refractivity contribution in [2.75, 3.05) is 6.61 Å². The fourth-order valence-electron chi connectivity index (χ4n) is 1.15. The normalized spacial score (nSPS) is 13.1. The number of halogens is 2. The van der Waals surface area contributed by atoms with Crippen LogP contribution in [-0.2, 0) is 0 Å². The van der Waals surface area contributed by atoms with Gasteiger partial charge in [0.25, 0.3) is 0 Å². The molecule has 0 aliphatic heterocycles. The third kappa shape index (κ3) is 3.53. The van der Waals surface area contributed by atoms with Crippen LogP contribution in [0.25, 0.3) is 0 Å². The van der Waals surface area contributed by atoms with Crippen molar-refractivity contribution in [2.45, 2.75) is 13.0 Å². The van der Waals surface area contributed by atoms with E-state index >= 15 is 0 Å². The second kappa shape index (κ2) is 5.73. The van der Waals surface area contributed by atoms with E-state index in [4.69, 9.17) is 16.3 Å². The summed E-state index contributed by atoms with van der Waals surface area (Å²) in [5.74, 6) is -0.0657. The zero-order chi connectivity index (χ0) is 11.3. The van der Waals surface area contributed by atoms with Gasteiger partial charge in [-0.3, -0.25) is 0 Å². The fourth-order valence-corrected chi connectivity index (χ4v) is 1.23. The van der Waals surface area contributed by atoms with Gasteiger partial charge in [-0.25, -0.2) is 4.39 Å². The Labute approximate surface area is 92.9 Å². The van der Waals surface area contributed by atoms with Crippen molar-refractivity contribution in [1.82, 2.24) is 0 Å². The molecule has 1 rings (SSSR count). The van der Waals surface area contributed by atoms with Gasteiger partial charge in [0.2, 0.25) is 0 Å². The molecule has 0 amide bonds. The third-order valence-corrected chi connectivity index (χ3v) is 2.03. The highest BCUT2D eigenvalue weighted by atomic mass is 35.5. The summed E-state index contributed by atoms with van der Waals surface area (Å²) in [5, 5.41) is 9.41. The second-order valence-electron chi connectivity index (χ2n) is 3.03. The number of aliphatic hydroxyl groups is 1. The summed E-state index contributed by atoms with van der Waals surface area (Å²) in [6, 6.07) is 4.02. The Morgan fingerprint density at radius 1 is 1.60 bits per heavy atom. The van der Waals surface area contributed by atoms with Gasteiger partial charge in [-0.1, -0.05) is 11.6 Å². The van der Waals surface area contributed by atoms with Gasteiger partial charge in [0, 0.05) is 17.2 Å². The summed E-state index contributed by atoms with van der Waals surface area (Å²) >= 11 is 5.32. The summed E-state index contributed by atoms with van der Waals surface area (Å²) in [6.45, 7) is 1.84. The lowest BCUT2D eigenvalue weighted by molar-refractivity contribution is 0.192. The van der Waals surface area contributed by atoms with E-state index in [9.17, 15) is 9.50 Å². The number of ether oxygens (including phenoxy) is 1. The molecule has 0 fully saturated rings. The summed E-state index contributed by atoms with van der Waals surface area (Å²) < 4.78 is 18.2. The SMILES string of the molecule is C[C@H](O)c1ccc(F)cc1OCC=CCl. The fraction of sp³-hybridized carbons (Fsp3) is 0.273. The number of hydrogen-bond acceptors (Lipinski definition) is 2. The van der Waals surface area contributed by atoms with Crippen molar-refractivity contribution >= 4 is 11.6 Å². The highest BCUT2D eigenvalue weighted by Crippen LogP contribution is 2.25. The van der Waals surface area contributed by atoms with Crippen LogP contribution in [0.4, 0.5) is 4.39 Å². The minimum Gasteiger partial charge on any atom is -0.489 e. The molecule has 15 heavy (non-hydrogen) atoms. The number of benzene rings is 1. The zero-order valence-electron chi connectivity index (χ0n) is 8.28. The van der Waals surface area contributed by atoms with Gasteiger partial charge in [-0.15, -0.1) is 0 Å². The molecule has 1 aromatic rings. The molecule has 0 spiro atoms. The Morgan fingerprint density at radius 2 is 2.33 bits per heavy atom. The quantitative estimate of drug-likeness (QED) is 0.862. The van der Waals surface area contributed by atoms with Crippen LogP contribution in [0.3, 0.4) is 0 Å². The van der Waals surface area contributed by atoms with Gasteiger partial charge < -0.3 is 9.84 Å². The lowest BCUT2D eigenvalue weighted by Crippen LogP contribution is -2.00. The van der Waals surface area contributed by atoms with E-state index in [0.29, 0.717) is 11.3 Å². The Kier molecular flexibility index (Phi) is 4.59. The molecule has 1 N–H and O–H groups in total. The topological polar surface area (TPSA) is 29.5 Å². The molecule has 4 heteroatoms. The number of aliphatic hydroxyl groups excluding tert-OH is 1. The lowest BCUT2D eigenvalue weighted by Gasteiger charge is -2.12. The highest BCUT2D eigenvalue weighted by molar-refractivity contribution is 6.25. The minimum atomic E-state index is -0.694. The molecule has 1 aromatic carbocycles. The summed E-state index contributed by atoms with van der Waals surface area (Å²) in [5.41, 5.74) is 1.88. The van der Waals surface area contributed by atoms with E-state index in [2.05, 4.69) is 0 Å². The standard InChI is InChI=1S/C11H12ClFO2/c1-8(14)10-4-3-9(13)7-11(10)15-6-2-5-12/h2-5,7-8,14H,6H2,1H3/t8-/m0/s1. The maximum atomic E-state index is 12.9. The van der Waals surface area contributed by atoms with Crippen LogP contribution < -0.4 is 4.74 Å². The molecule has 0 saturated carbocycles. The third-order valence-electron chi connectivity index (χ3n) is 1.85. The maximum Gasteiger partial charge on any atom is 0.128 e. The summed E-state index contributed by atoms with van der Waals surface area (Å²) in [6.07, 6.45) is 0.888. The smallest absolute Gasteiger partial charge is 0.128 e. The van der Waals surface area contributed by atoms with Crippen LogP contribution in [0.2, 0.25) is 0 Å². The van der Waals surface area contributed by atoms with E-state index in [1.54, 1.807) is 13.0 Å². The number of hydrogen-bond donors (Lipinski definition) is 1. The first kappa shape index (κ1) is 12.0. The molecule has 0 unspecified atom stereocenters. The van der Waals surface area contributed by atoms with Crippen LogP contribution in [0, 0.1) is 5.82 Å². The first-order valence-corrected chi connectivity index (χ1v) is 4.94. The molecule has 0 aliphatic carbocycles. The molecule has 0 aliphatic rings. The van der Waals surface area contributed by atoms with Crippen LogP contribution >= 0.6 is 11.6 Å². The molecule has 0 heterocycles. The van der Waals surface area contributed by atoms with Crippen LogP contribution in [0.15, 0.2) is 29.8 Å². The first-order chi connectivity index (χ1) is 7.15. The van der Waals surface area contributed by atoms with Crippen LogP contribution in [0.1, 0.15) is 18.6 Å². The van der Waals surface area contributed by atoms with E-state index in [1.807, 2.05) is 0 Å². The molecule has 0 bridgehead atoms. The predicted octanol–water partition coefficient (Wildman–Crippen LogP) is 3.01. The zero-order valence-corrected chi connectivity index (χ0v) is 9.04. The van der Waals surface area contributed by atoms with Gasteiger partial charge in [-0.2, -0.15) is 0 Å². The first-order valence-electron chi connectivity index (χ1n) is 4.50. The molecule has 2 nitrogen and oxygen atoms in total. The van der Waals surface area contributed by atoms with Crippen molar-refractivity contribution in [2.24, 2.45) is 0 Å². The van der Waals surface area contributed by atoms with Crippen molar-refractivity contribution in [3.8, 4) is 5.75 Å². The molecule has 0 aromatic heterocycles. The molecule has 1 atom stereocenters. The maximum absolute atomic E-state index is 12.9. The van der Waals surface area contributed by atoms with Gasteiger partial charge in [0.15, 0.2) is 0 Å². The van der Waals surface area contributed by atoms with Gasteiger partial charge in [-0.05, 0) is 25.1 Å². The lowest BCUT2D eigenvalue weighted by atomic mass is 10.1. The van der Waals surface area contributed by atoms with Crippen molar-refractivity contribution in [1.29, 1.82) is 0 Å². The van der Waals surface area contributed by atoms with Crippen molar-refractivity contribution in [3.05, 3.63) is 41.2 Å². The number of rotatable bonds is 4. The summed E-state index contributed by atoms with van der Waals surface area (Å²) in [4.78, 5) is 0. The minimum absolute atomic E-state index is 0.243. The highest BCUT2D eigenvalue weighted by Gasteiger charge is 2.09. The van der Waals surface area contributed by atoms with Crippen molar-refractivity contribution in [3.63, 3.8) is 0 Å². The Bertz CT molecular complexity index is 350. The van der Waals surface area contributed by atoms with Gasteiger partial charge >= 0.3 is 0 Å². The van der Waals surface area contributed by atoms with Crippen LogP contribution in [0.5, 0.6) is 5.75 Å². The van der Waals surface area contributed by atoms with Gasteiger partial charge in [0.05, 0.1) is 6.10 Å². The second-order valence-corrected chi connectivity index (χ2v) is 3.28. The van der Waals surface area contributed by atoms with Crippen LogP contribution in [-0.4, -0.2) is 11.7 Å². The molecule has 0 saturated heterocycles. The average molecular weight is 231 g/mol. The molecule has 82 valence electrons. The van der Waals surface area contributed by atoms with E-state index in [0.717, 1.165) is 0 Å². The van der Waals surface area contributed by atoms with E-state index in [-0.39, 0.29) is 6.61 Å². The molecule has 0 radical (unpaired) electrons. The van der Waals surface area contributed by atoms with E-state index < -0.39 is 11.9 Å². The van der Waals surface area contributed by atoms with Gasteiger partial charge in [0.1, 0.15) is 18.2 Å². The van der Waals surface area contributed by atoms with E-state index in [1.165, 1.54) is 23.7 Å². The average Bonchev–Trinajstić information content (AvgIpc) is 2.18. The Balaban J connectivity index is 2.86. The largest absolute Gasteiger partial charge is 0.489 e. The monoisotopic (exact) mass is 230 g/mol. The van der Waals surface area contributed by atoms with Crippen molar-refractivity contribution < 1.29 is 14.2 Å². The predicted molar refractivity (Wildman–Crippen MR) is 57.5 cm³/mol.